The zero-order chi connectivity index (χ0) is 26.2. The molecule has 1 aliphatic heterocycles. The summed E-state index contributed by atoms with van der Waals surface area (Å²) in [7, 11) is 1.37. The number of carbonyl (C=O) groups is 2. The quantitative estimate of drug-likeness (QED) is 0.281. The van der Waals surface area contributed by atoms with E-state index in [1.807, 2.05) is 53.6 Å². The molecule has 0 N–H and O–H groups in total. The molecule has 1 aromatic heterocycles. The van der Waals surface area contributed by atoms with Crippen LogP contribution >= 0.6 is 23.4 Å². The molecule has 1 saturated heterocycles. The van der Waals surface area contributed by atoms with Crippen molar-refractivity contribution >= 4 is 35.2 Å². The third-order valence-electron chi connectivity index (χ3n) is 6.35. The van der Waals surface area contributed by atoms with E-state index in [9.17, 15) is 9.59 Å². The number of piperazine rings is 1. The normalized spacial score (nSPS) is 14.8. The van der Waals surface area contributed by atoms with Gasteiger partial charge in [-0.1, -0.05) is 35.9 Å². The maximum atomic E-state index is 13.1. The molecule has 2 heterocycles. The topological polar surface area (TPSA) is 72.0 Å². The minimum Gasteiger partial charge on any atom is -0.465 e. The Kier molecular flexibility index (Phi) is 9.57. The van der Waals surface area contributed by atoms with Crippen molar-refractivity contribution in [3.63, 3.8) is 0 Å². The van der Waals surface area contributed by atoms with Crippen molar-refractivity contribution in [3.05, 3.63) is 94.1 Å². The third-order valence-corrected chi connectivity index (χ3v) is 7.31. The molecule has 3 aromatic rings. The van der Waals surface area contributed by atoms with E-state index >= 15 is 0 Å². The Morgan fingerprint density at radius 2 is 1.73 bits per heavy atom. The second-order valence-corrected chi connectivity index (χ2v) is 9.92. The second-order valence-electron chi connectivity index (χ2n) is 8.69. The van der Waals surface area contributed by atoms with Crippen molar-refractivity contribution in [1.29, 1.82) is 0 Å². The molecule has 1 atom stereocenters. The van der Waals surface area contributed by atoms with Gasteiger partial charge in [0.2, 0.25) is 0 Å². The summed E-state index contributed by atoms with van der Waals surface area (Å²) in [4.78, 5) is 33.3. The lowest BCUT2D eigenvalue weighted by atomic mass is 10.1. The molecule has 0 radical (unpaired) electrons. The highest BCUT2D eigenvalue weighted by Crippen LogP contribution is 2.24. The van der Waals surface area contributed by atoms with Crippen LogP contribution in [0.2, 0.25) is 5.02 Å². The fourth-order valence-corrected chi connectivity index (χ4v) is 4.91. The minimum absolute atomic E-state index is 0.0259. The van der Waals surface area contributed by atoms with Gasteiger partial charge in [-0.3, -0.25) is 9.69 Å². The summed E-state index contributed by atoms with van der Waals surface area (Å²) >= 11 is 7.60. The number of benzene rings is 2. The average molecular weight is 540 g/mol. The van der Waals surface area contributed by atoms with Crippen LogP contribution in [0.1, 0.15) is 37.9 Å². The molecule has 1 fully saturated rings. The summed E-state index contributed by atoms with van der Waals surface area (Å²) in [6.07, 6.45) is 3.47. The molecule has 7 nitrogen and oxygen atoms in total. The summed E-state index contributed by atoms with van der Waals surface area (Å²) in [5.41, 5.74) is 3.16. The minimum atomic E-state index is -0.364. The number of halogens is 1. The molecule has 1 aliphatic rings. The average Bonchev–Trinajstić information content (AvgIpc) is 2.95. The first-order chi connectivity index (χ1) is 18.0. The Labute approximate surface area is 226 Å². The van der Waals surface area contributed by atoms with E-state index in [0.717, 1.165) is 29.2 Å². The number of pyridine rings is 1. The van der Waals surface area contributed by atoms with Gasteiger partial charge >= 0.3 is 5.97 Å². The Balaban J connectivity index is 1.39. The van der Waals surface area contributed by atoms with Gasteiger partial charge in [-0.25, -0.2) is 9.78 Å². The molecule has 0 bridgehead atoms. The lowest BCUT2D eigenvalue weighted by molar-refractivity contribution is 0.00336. The summed E-state index contributed by atoms with van der Waals surface area (Å²) in [6, 6.07) is 18.6. The highest BCUT2D eigenvalue weighted by molar-refractivity contribution is 7.98. The van der Waals surface area contributed by atoms with Crippen molar-refractivity contribution in [2.45, 2.75) is 17.7 Å². The van der Waals surface area contributed by atoms with Gasteiger partial charge in [0.1, 0.15) is 5.03 Å². The van der Waals surface area contributed by atoms with Crippen LogP contribution in [0.5, 0.6) is 0 Å². The first kappa shape index (κ1) is 27.1. The van der Waals surface area contributed by atoms with E-state index < -0.39 is 0 Å². The van der Waals surface area contributed by atoms with Crippen LogP contribution in [0.25, 0.3) is 0 Å². The first-order valence-corrected chi connectivity index (χ1v) is 13.6. The number of hydrogen-bond acceptors (Lipinski definition) is 7. The molecular weight excluding hydrogens is 510 g/mol. The fraction of sp³-hybridized carbons (Fsp3) is 0.321. The van der Waals surface area contributed by atoms with Crippen molar-refractivity contribution in [2.24, 2.45) is 0 Å². The van der Waals surface area contributed by atoms with E-state index in [-0.39, 0.29) is 18.0 Å². The number of esters is 1. The van der Waals surface area contributed by atoms with Gasteiger partial charge in [-0.15, -0.1) is 11.8 Å². The van der Waals surface area contributed by atoms with Gasteiger partial charge in [-0.2, -0.15) is 0 Å². The predicted molar refractivity (Wildman–Crippen MR) is 145 cm³/mol. The SMILES string of the molecule is COC(=O)c1ccc(COC(CN2CCN(C(=O)c3cccnc3SC)CC2)c2ccc(Cl)cc2)cc1. The van der Waals surface area contributed by atoms with Crippen LogP contribution in [0, 0.1) is 0 Å². The highest BCUT2D eigenvalue weighted by atomic mass is 35.5. The maximum Gasteiger partial charge on any atom is 0.337 e. The van der Waals surface area contributed by atoms with Crippen LogP contribution in [0.15, 0.2) is 71.9 Å². The monoisotopic (exact) mass is 539 g/mol. The van der Waals surface area contributed by atoms with Crippen molar-refractivity contribution in [1.82, 2.24) is 14.8 Å². The molecule has 0 spiro atoms. The fourth-order valence-electron chi connectivity index (χ4n) is 4.24. The summed E-state index contributed by atoms with van der Waals surface area (Å²) < 4.78 is 11.1. The number of aromatic nitrogens is 1. The standard InChI is InChI=1S/C28H30ClN3O4S/c1-35-28(34)22-7-5-20(6-8-22)19-36-25(21-9-11-23(29)12-10-21)18-31-14-16-32(17-15-31)27(33)24-4-3-13-30-26(24)37-2/h3-13,25H,14-19H2,1-2H3. The zero-order valence-electron chi connectivity index (χ0n) is 20.9. The Hall–Kier alpha value is -2.91. The summed E-state index contributed by atoms with van der Waals surface area (Å²) in [5.74, 6) is -0.338. The van der Waals surface area contributed by atoms with Gasteiger partial charge in [0, 0.05) is 43.9 Å². The summed E-state index contributed by atoms with van der Waals surface area (Å²) in [5, 5.41) is 1.43. The third kappa shape index (κ3) is 7.11. The first-order valence-electron chi connectivity index (χ1n) is 12.0. The van der Waals surface area contributed by atoms with Crippen LogP contribution in [0.3, 0.4) is 0 Å². The van der Waals surface area contributed by atoms with Crippen LogP contribution in [-0.2, 0) is 16.1 Å². The van der Waals surface area contributed by atoms with Gasteiger partial charge in [-0.05, 0) is 53.8 Å². The molecule has 0 aliphatic carbocycles. The summed E-state index contributed by atoms with van der Waals surface area (Å²) in [6.45, 7) is 3.87. The number of amides is 1. The lowest BCUT2D eigenvalue weighted by Crippen LogP contribution is -2.49. The molecule has 4 rings (SSSR count). The Morgan fingerprint density at radius 1 is 1.03 bits per heavy atom. The number of methoxy groups -OCH3 is 1. The van der Waals surface area contributed by atoms with E-state index in [1.165, 1.54) is 18.9 Å². The van der Waals surface area contributed by atoms with Crippen molar-refractivity contribution < 1.29 is 19.1 Å². The van der Waals surface area contributed by atoms with E-state index in [2.05, 4.69) is 9.88 Å². The molecule has 37 heavy (non-hydrogen) atoms. The molecule has 194 valence electrons. The molecule has 1 amide bonds. The van der Waals surface area contributed by atoms with E-state index in [1.54, 1.807) is 24.4 Å². The number of rotatable bonds is 9. The molecular formula is C28H30ClN3O4S. The van der Waals surface area contributed by atoms with Gasteiger partial charge in [0.25, 0.3) is 5.91 Å². The molecule has 9 heteroatoms. The van der Waals surface area contributed by atoms with Crippen LogP contribution < -0.4 is 0 Å². The van der Waals surface area contributed by atoms with Gasteiger partial charge in [0.15, 0.2) is 0 Å². The number of carbonyl (C=O) groups excluding carboxylic acids is 2. The Bertz CT molecular complexity index is 1200. The molecule has 0 saturated carbocycles. The molecule has 2 aromatic carbocycles. The van der Waals surface area contributed by atoms with Crippen molar-refractivity contribution in [3.8, 4) is 0 Å². The van der Waals surface area contributed by atoms with Gasteiger partial charge < -0.3 is 14.4 Å². The zero-order valence-corrected chi connectivity index (χ0v) is 22.5. The Morgan fingerprint density at radius 3 is 2.38 bits per heavy atom. The highest BCUT2D eigenvalue weighted by Gasteiger charge is 2.26. The lowest BCUT2D eigenvalue weighted by Gasteiger charge is -2.36. The largest absolute Gasteiger partial charge is 0.465 e. The predicted octanol–water partition coefficient (Wildman–Crippen LogP) is 4.96. The number of hydrogen-bond donors (Lipinski definition) is 0. The van der Waals surface area contributed by atoms with E-state index in [4.69, 9.17) is 21.1 Å². The van der Waals surface area contributed by atoms with Crippen molar-refractivity contribution in [2.75, 3.05) is 46.1 Å². The molecule has 1 unspecified atom stereocenters. The number of ether oxygens (including phenoxy) is 2. The van der Waals surface area contributed by atoms with Gasteiger partial charge in [0.05, 0.1) is 30.9 Å². The van der Waals surface area contributed by atoms with Crippen LogP contribution in [0.4, 0.5) is 0 Å². The van der Waals surface area contributed by atoms with E-state index in [0.29, 0.717) is 42.4 Å². The number of thioether (sulfide) groups is 1. The number of nitrogens with zero attached hydrogens (tertiary/aromatic N) is 3. The van der Waals surface area contributed by atoms with Crippen LogP contribution in [-0.4, -0.2) is 72.7 Å². The second kappa shape index (κ2) is 13.1. The maximum absolute atomic E-state index is 13.1. The smallest absolute Gasteiger partial charge is 0.337 e.